The Hall–Kier alpha value is -2.74. The number of rotatable bonds is 5. The Morgan fingerprint density at radius 3 is 2.60 bits per heavy atom. The number of carbonyl (C=O) groups is 4. The molecule has 4 amide bonds. The van der Waals surface area contributed by atoms with E-state index in [1.807, 2.05) is 0 Å². The third-order valence-electron chi connectivity index (χ3n) is 4.47. The fourth-order valence-electron chi connectivity index (χ4n) is 3.22. The minimum Gasteiger partial charge on any atom is -0.399 e. The Labute approximate surface area is 144 Å². The molecule has 1 unspecified atom stereocenters. The molecule has 2 aliphatic heterocycles. The molecule has 0 radical (unpaired) electrons. The Kier molecular flexibility index (Phi) is 4.54. The summed E-state index contributed by atoms with van der Waals surface area (Å²) in [5.74, 6) is -1.88. The van der Waals surface area contributed by atoms with E-state index in [4.69, 9.17) is 10.5 Å². The predicted octanol–water partition coefficient (Wildman–Crippen LogP) is 0.419. The van der Waals surface area contributed by atoms with Gasteiger partial charge in [-0.2, -0.15) is 0 Å². The largest absolute Gasteiger partial charge is 0.399 e. The van der Waals surface area contributed by atoms with Gasteiger partial charge in [-0.15, -0.1) is 0 Å². The second kappa shape index (κ2) is 6.64. The third kappa shape index (κ3) is 2.89. The fourth-order valence-corrected chi connectivity index (χ4v) is 3.22. The van der Waals surface area contributed by atoms with E-state index in [-0.39, 0.29) is 36.4 Å². The van der Waals surface area contributed by atoms with E-state index in [0.717, 1.165) is 9.80 Å². The summed E-state index contributed by atoms with van der Waals surface area (Å²) < 4.78 is 4.94. The van der Waals surface area contributed by atoms with Gasteiger partial charge in [0.15, 0.2) is 0 Å². The summed E-state index contributed by atoms with van der Waals surface area (Å²) in [4.78, 5) is 52.1. The molecule has 2 aliphatic rings. The molecule has 1 aromatic rings. The number of hydrogen-bond donors (Lipinski definition) is 1. The molecule has 2 N–H and O–H groups in total. The summed E-state index contributed by atoms with van der Waals surface area (Å²) in [7, 11) is 1.53. The number of methoxy groups -OCH3 is 1. The molecular weight excluding hydrogens is 326 g/mol. The first kappa shape index (κ1) is 17.1. The third-order valence-corrected chi connectivity index (χ3v) is 4.47. The standard InChI is InChI=1S/C17H19N3O5/c1-25-8-2-7-19-14(21)6-5-13(17(19)24)20-15(22)11-4-3-10(18)9-12(11)16(20)23/h3-4,9,13H,2,5-8,18H2,1H3. The van der Waals surface area contributed by atoms with Crippen LogP contribution in [0.5, 0.6) is 0 Å². The highest BCUT2D eigenvalue weighted by atomic mass is 16.5. The number of nitrogen functional groups attached to an aromatic ring is 1. The van der Waals surface area contributed by atoms with Crippen LogP contribution in [-0.2, 0) is 14.3 Å². The zero-order valence-electron chi connectivity index (χ0n) is 13.9. The van der Waals surface area contributed by atoms with Crippen molar-refractivity contribution in [1.29, 1.82) is 0 Å². The van der Waals surface area contributed by atoms with Crippen LogP contribution in [0.1, 0.15) is 40.0 Å². The molecule has 132 valence electrons. The highest BCUT2D eigenvalue weighted by molar-refractivity contribution is 6.23. The van der Waals surface area contributed by atoms with Gasteiger partial charge in [0.2, 0.25) is 5.91 Å². The van der Waals surface area contributed by atoms with Gasteiger partial charge in [0.25, 0.3) is 17.7 Å². The van der Waals surface area contributed by atoms with Gasteiger partial charge in [-0.05, 0) is 31.0 Å². The summed E-state index contributed by atoms with van der Waals surface area (Å²) in [6.45, 7) is 0.617. The molecule has 0 bridgehead atoms. The van der Waals surface area contributed by atoms with E-state index in [9.17, 15) is 19.2 Å². The lowest BCUT2D eigenvalue weighted by atomic mass is 10.0. The number of nitrogens with zero attached hydrogens (tertiary/aromatic N) is 2. The number of hydrogen-bond acceptors (Lipinski definition) is 6. The Balaban J connectivity index is 1.84. The van der Waals surface area contributed by atoms with Crippen molar-refractivity contribution in [1.82, 2.24) is 9.80 Å². The molecule has 1 saturated heterocycles. The molecule has 8 heteroatoms. The van der Waals surface area contributed by atoms with Gasteiger partial charge in [-0.1, -0.05) is 0 Å². The minimum atomic E-state index is -0.964. The summed E-state index contributed by atoms with van der Waals surface area (Å²) >= 11 is 0. The quantitative estimate of drug-likeness (QED) is 0.470. The maximum Gasteiger partial charge on any atom is 0.262 e. The van der Waals surface area contributed by atoms with E-state index in [0.29, 0.717) is 18.7 Å². The molecule has 2 heterocycles. The van der Waals surface area contributed by atoms with Crippen molar-refractivity contribution < 1.29 is 23.9 Å². The van der Waals surface area contributed by atoms with Crippen molar-refractivity contribution in [3.8, 4) is 0 Å². The summed E-state index contributed by atoms with van der Waals surface area (Å²) in [6.07, 6.45) is 0.748. The molecule has 1 aromatic carbocycles. The molecule has 3 rings (SSSR count). The summed E-state index contributed by atoms with van der Waals surface area (Å²) in [5.41, 5.74) is 6.48. The van der Waals surface area contributed by atoms with Crippen LogP contribution < -0.4 is 5.73 Å². The van der Waals surface area contributed by atoms with E-state index >= 15 is 0 Å². The maximum atomic E-state index is 12.7. The van der Waals surface area contributed by atoms with Crippen LogP contribution in [0.15, 0.2) is 18.2 Å². The summed E-state index contributed by atoms with van der Waals surface area (Å²) in [5, 5.41) is 0. The fraction of sp³-hybridized carbons (Fsp3) is 0.412. The van der Waals surface area contributed by atoms with Gasteiger partial charge in [-0.25, -0.2) is 0 Å². The molecule has 0 aliphatic carbocycles. The lowest BCUT2D eigenvalue weighted by Gasteiger charge is -2.34. The van der Waals surface area contributed by atoms with Gasteiger partial charge < -0.3 is 10.5 Å². The number of carbonyl (C=O) groups excluding carboxylic acids is 4. The molecule has 0 saturated carbocycles. The van der Waals surface area contributed by atoms with Crippen LogP contribution in [-0.4, -0.2) is 59.7 Å². The van der Waals surface area contributed by atoms with E-state index in [1.54, 1.807) is 0 Å². The van der Waals surface area contributed by atoms with Crippen molar-refractivity contribution in [2.24, 2.45) is 0 Å². The van der Waals surface area contributed by atoms with Crippen LogP contribution >= 0.6 is 0 Å². The summed E-state index contributed by atoms with van der Waals surface area (Å²) in [6, 6.07) is 3.50. The van der Waals surface area contributed by atoms with Crippen molar-refractivity contribution in [2.45, 2.75) is 25.3 Å². The number of anilines is 1. The topological polar surface area (TPSA) is 110 Å². The number of fused-ring (bicyclic) bond motifs is 1. The van der Waals surface area contributed by atoms with Crippen molar-refractivity contribution in [3.05, 3.63) is 29.3 Å². The normalized spacial score (nSPS) is 20.4. The van der Waals surface area contributed by atoms with Gasteiger partial charge in [0, 0.05) is 32.4 Å². The first-order valence-electron chi connectivity index (χ1n) is 8.06. The number of benzene rings is 1. The zero-order chi connectivity index (χ0) is 18.1. The SMILES string of the molecule is COCCCN1C(=O)CCC(N2C(=O)c3ccc(N)cc3C2=O)C1=O. The van der Waals surface area contributed by atoms with E-state index < -0.39 is 23.8 Å². The van der Waals surface area contributed by atoms with Gasteiger partial charge >= 0.3 is 0 Å². The Morgan fingerprint density at radius 1 is 1.16 bits per heavy atom. The van der Waals surface area contributed by atoms with Crippen LogP contribution in [0.3, 0.4) is 0 Å². The Bertz CT molecular complexity index is 761. The molecule has 0 aromatic heterocycles. The second-order valence-electron chi connectivity index (χ2n) is 6.07. The first-order chi connectivity index (χ1) is 12.0. The lowest BCUT2D eigenvalue weighted by molar-refractivity contribution is -0.151. The number of amides is 4. The monoisotopic (exact) mass is 345 g/mol. The number of imide groups is 2. The van der Waals surface area contributed by atoms with Gasteiger partial charge in [-0.3, -0.25) is 29.0 Å². The van der Waals surface area contributed by atoms with Crippen LogP contribution in [0.4, 0.5) is 5.69 Å². The second-order valence-corrected chi connectivity index (χ2v) is 6.07. The highest BCUT2D eigenvalue weighted by Crippen LogP contribution is 2.30. The number of nitrogens with two attached hydrogens (primary N) is 1. The van der Waals surface area contributed by atoms with E-state index in [1.165, 1.54) is 25.3 Å². The molecule has 1 atom stereocenters. The average molecular weight is 345 g/mol. The number of piperidine rings is 1. The lowest BCUT2D eigenvalue weighted by Crippen LogP contribution is -2.56. The molecular formula is C17H19N3O5. The minimum absolute atomic E-state index is 0.110. The van der Waals surface area contributed by atoms with Crippen molar-refractivity contribution in [3.63, 3.8) is 0 Å². The van der Waals surface area contributed by atoms with Crippen LogP contribution in [0.2, 0.25) is 0 Å². The smallest absolute Gasteiger partial charge is 0.262 e. The van der Waals surface area contributed by atoms with Gasteiger partial charge in [0.05, 0.1) is 11.1 Å². The number of likely N-dealkylation sites (tertiary alicyclic amines) is 1. The first-order valence-corrected chi connectivity index (χ1v) is 8.06. The predicted molar refractivity (Wildman–Crippen MR) is 87.6 cm³/mol. The van der Waals surface area contributed by atoms with E-state index in [2.05, 4.69) is 0 Å². The molecule has 25 heavy (non-hydrogen) atoms. The van der Waals surface area contributed by atoms with Crippen LogP contribution in [0, 0.1) is 0 Å². The van der Waals surface area contributed by atoms with Crippen molar-refractivity contribution in [2.75, 3.05) is 26.0 Å². The average Bonchev–Trinajstić information content (AvgIpc) is 2.82. The maximum absolute atomic E-state index is 12.7. The Morgan fingerprint density at radius 2 is 1.88 bits per heavy atom. The molecule has 0 spiro atoms. The van der Waals surface area contributed by atoms with Crippen LogP contribution in [0.25, 0.3) is 0 Å². The number of ether oxygens (including phenoxy) is 1. The van der Waals surface area contributed by atoms with Crippen molar-refractivity contribution >= 4 is 29.3 Å². The zero-order valence-corrected chi connectivity index (χ0v) is 13.9. The highest BCUT2D eigenvalue weighted by Gasteiger charge is 2.46. The van der Waals surface area contributed by atoms with Gasteiger partial charge in [0.1, 0.15) is 6.04 Å². The molecule has 8 nitrogen and oxygen atoms in total. The molecule has 1 fully saturated rings.